The lowest BCUT2D eigenvalue weighted by Crippen LogP contribution is -2.48. The normalized spacial score (nSPS) is 14.6. The van der Waals surface area contributed by atoms with E-state index in [1.807, 2.05) is 23.8 Å². The van der Waals surface area contributed by atoms with Gasteiger partial charge >= 0.3 is 0 Å². The summed E-state index contributed by atoms with van der Waals surface area (Å²) < 4.78 is 15.5. The monoisotopic (exact) mass is 392 g/mol. The fourth-order valence-corrected chi connectivity index (χ4v) is 3.26. The molecule has 0 N–H and O–H groups in total. The average molecular weight is 392 g/mol. The van der Waals surface area contributed by atoms with Gasteiger partial charge in [-0.1, -0.05) is 18.2 Å². The van der Waals surface area contributed by atoms with Crippen molar-refractivity contribution in [2.24, 2.45) is 0 Å². The second-order valence-electron chi connectivity index (χ2n) is 6.77. The van der Waals surface area contributed by atoms with Crippen molar-refractivity contribution in [3.05, 3.63) is 72.3 Å². The van der Waals surface area contributed by atoms with Crippen LogP contribution in [0.3, 0.4) is 0 Å². The Morgan fingerprint density at radius 1 is 1.10 bits per heavy atom. The molecule has 0 aliphatic carbocycles. The van der Waals surface area contributed by atoms with Crippen molar-refractivity contribution < 1.29 is 9.18 Å². The highest BCUT2D eigenvalue weighted by atomic mass is 19.1. The van der Waals surface area contributed by atoms with Crippen LogP contribution < -0.4 is 4.90 Å². The number of benzene rings is 1. The van der Waals surface area contributed by atoms with Gasteiger partial charge in [-0.2, -0.15) is 0 Å². The number of nitrogens with zero attached hydrogens (tertiary/aromatic N) is 6. The lowest BCUT2D eigenvalue weighted by molar-refractivity contribution is -0.126. The van der Waals surface area contributed by atoms with Crippen LogP contribution in [0.4, 0.5) is 10.2 Å². The Bertz CT molecular complexity index is 1030. The molecule has 3 heterocycles. The van der Waals surface area contributed by atoms with E-state index in [0.29, 0.717) is 37.6 Å². The van der Waals surface area contributed by atoms with Crippen molar-refractivity contribution >= 4 is 17.8 Å². The van der Waals surface area contributed by atoms with Gasteiger partial charge in [0, 0.05) is 56.3 Å². The van der Waals surface area contributed by atoms with E-state index < -0.39 is 0 Å². The Morgan fingerprint density at radius 2 is 1.86 bits per heavy atom. The number of amides is 1. The zero-order valence-corrected chi connectivity index (χ0v) is 16.1. The summed E-state index contributed by atoms with van der Waals surface area (Å²) in [4.78, 5) is 29.4. The van der Waals surface area contributed by atoms with Gasteiger partial charge in [0.1, 0.15) is 29.6 Å². The van der Waals surface area contributed by atoms with Gasteiger partial charge in [-0.05, 0) is 19.1 Å². The van der Waals surface area contributed by atoms with Crippen LogP contribution in [-0.4, -0.2) is 56.5 Å². The number of carbonyl (C=O) groups excluding carboxylic acids is 1. The summed E-state index contributed by atoms with van der Waals surface area (Å²) in [5.74, 6) is 1.81. The number of hydrogen-bond donors (Lipinski definition) is 0. The number of anilines is 1. The van der Waals surface area contributed by atoms with Crippen LogP contribution in [0.2, 0.25) is 0 Å². The molecule has 0 radical (unpaired) electrons. The van der Waals surface area contributed by atoms with E-state index in [9.17, 15) is 9.18 Å². The molecule has 1 aliphatic heterocycles. The zero-order chi connectivity index (χ0) is 20.2. The summed E-state index contributed by atoms with van der Waals surface area (Å²) >= 11 is 0. The quantitative estimate of drug-likeness (QED) is 0.638. The van der Waals surface area contributed by atoms with Gasteiger partial charge < -0.3 is 9.80 Å². The molecule has 1 saturated heterocycles. The van der Waals surface area contributed by atoms with E-state index in [1.54, 1.807) is 35.6 Å². The van der Waals surface area contributed by atoms with Gasteiger partial charge in [-0.3, -0.25) is 9.36 Å². The number of hydrogen-bond acceptors (Lipinski definition) is 5. The second-order valence-corrected chi connectivity index (χ2v) is 6.77. The van der Waals surface area contributed by atoms with Crippen LogP contribution in [0.15, 0.2) is 55.1 Å². The molecule has 1 fully saturated rings. The van der Waals surface area contributed by atoms with E-state index in [1.165, 1.54) is 18.2 Å². The molecule has 0 bridgehead atoms. The molecule has 148 valence electrons. The summed E-state index contributed by atoms with van der Waals surface area (Å²) in [5.41, 5.74) is 0.406. The first-order valence-electron chi connectivity index (χ1n) is 9.40. The lowest BCUT2D eigenvalue weighted by atomic mass is 10.2. The standard InChI is InChI=1S/C21H21FN6O/c1-16-24-19(14-20(25-16)28-9-8-23-15-28)26-10-12-27(13-11-26)21(29)7-6-17-4-2-3-5-18(17)22/h2-9,14-15H,10-13H2,1H3/b7-6+. The van der Waals surface area contributed by atoms with Crippen LogP contribution in [-0.2, 0) is 4.79 Å². The van der Waals surface area contributed by atoms with Gasteiger partial charge in [0.05, 0.1) is 0 Å². The molecule has 0 atom stereocenters. The molecule has 1 amide bonds. The third kappa shape index (κ3) is 4.31. The molecule has 29 heavy (non-hydrogen) atoms. The summed E-state index contributed by atoms with van der Waals surface area (Å²) in [6.45, 7) is 4.34. The van der Waals surface area contributed by atoms with E-state index >= 15 is 0 Å². The van der Waals surface area contributed by atoms with E-state index in [4.69, 9.17) is 0 Å². The Morgan fingerprint density at radius 3 is 2.59 bits per heavy atom. The largest absolute Gasteiger partial charge is 0.353 e. The molecule has 1 aliphatic rings. The highest BCUT2D eigenvalue weighted by Gasteiger charge is 2.21. The summed E-state index contributed by atoms with van der Waals surface area (Å²) in [5, 5.41) is 0. The minimum absolute atomic E-state index is 0.120. The van der Waals surface area contributed by atoms with Gasteiger partial charge in [-0.15, -0.1) is 0 Å². The Kier molecular flexibility index (Phi) is 5.33. The maximum Gasteiger partial charge on any atom is 0.246 e. The summed E-state index contributed by atoms with van der Waals surface area (Å²) in [6.07, 6.45) is 8.19. The molecule has 2 aromatic heterocycles. The van der Waals surface area contributed by atoms with Gasteiger partial charge in [0.15, 0.2) is 0 Å². The van der Waals surface area contributed by atoms with Crippen LogP contribution in [0, 0.1) is 12.7 Å². The van der Waals surface area contributed by atoms with Crippen LogP contribution in [0.5, 0.6) is 0 Å². The number of rotatable bonds is 4. The van der Waals surface area contributed by atoms with Crippen molar-refractivity contribution in [3.63, 3.8) is 0 Å². The number of aryl methyl sites for hydroxylation is 1. The minimum Gasteiger partial charge on any atom is -0.353 e. The van der Waals surface area contributed by atoms with Crippen molar-refractivity contribution in [2.75, 3.05) is 31.1 Å². The van der Waals surface area contributed by atoms with E-state index in [0.717, 1.165) is 11.6 Å². The molecule has 1 aromatic carbocycles. The molecule has 4 rings (SSSR count). The van der Waals surface area contributed by atoms with E-state index in [2.05, 4.69) is 19.9 Å². The molecule has 0 saturated carbocycles. The molecule has 7 nitrogen and oxygen atoms in total. The first kappa shape index (κ1) is 18.8. The first-order valence-corrected chi connectivity index (χ1v) is 9.40. The van der Waals surface area contributed by atoms with Crippen molar-refractivity contribution in [1.82, 2.24) is 24.4 Å². The van der Waals surface area contributed by atoms with Gasteiger partial charge in [0.25, 0.3) is 0 Å². The Balaban J connectivity index is 1.41. The van der Waals surface area contributed by atoms with E-state index in [-0.39, 0.29) is 11.7 Å². The molecule has 0 unspecified atom stereocenters. The number of imidazole rings is 1. The van der Waals surface area contributed by atoms with Crippen molar-refractivity contribution in [2.45, 2.75) is 6.92 Å². The minimum atomic E-state index is -0.339. The third-order valence-electron chi connectivity index (χ3n) is 4.81. The zero-order valence-electron chi connectivity index (χ0n) is 16.1. The Labute approximate surface area is 168 Å². The molecule has 3 aromatic rings. The maximum atomic E-state index is 13.7. The lowest BCUT2D eigenvalue weighted by Gasteiger charge is -2.35. The predicted octanol–water partition coefficient (Wildman–Crippen LogP) is 2.47. The first-order chi connectivity index (χ1) is 14.1. The highest BCUT2D eigenvalue weighted by Crippen LogP contribution is 2.18. The van der Waals surface area contributed by atoms with Crippen LogP contribution in [0.1, 0.15) is 11.4 Å². The van der Waals surface area contributed by atoms with Crippen molar-refractivity contribution in [3.8, 4) is 5.82 Å². The number of halogens is 1. The SMILES string of the molecule is Cc1nc(N2CCN(C(=O)/C=C/c3ccccc3F)CC2)cc(-n2ccnc2)n1. The maximum absolute atomic E-state index is 13.7. The molecule has 8 heteroatoms. The Hall–Kier alpha value is -3.55. The van der Waals surface area contributed by atoms with Gasteiger partial charge in [-0.25, -0.2) is 19.3 Å². The average Bonchev–Trinajstić information content (AvgIpc) is 3.28. The molecular formula is C21H21FN6O. The molecule has 0 spiro atoms. The summed E-state index contributed by atoms with van der Waals surface area (Å²) in [6, 6.07) is 8.32. The summed E-state index contributed by atoms with van der Waals surface area (Å²) in [7, 11) is 0. The van der Waals surface area contributed by atoms with Crippen molar-refractivity contribution in [1.29, 1.82) is 0 Å². The molecular weight excluding hydrogens is 371 g/mol. The van der Waals surface area contributed by atoms with Gasteiger partial charge in [0.2, 0.25) is 5.91 Å². The number of carbonyl (C=O) groups is 1. The topological polar surface area (TPSA) is 67.2 Å². The smallest absolute Gasteiger partial charge is 0.246 e. The third-order valence-corrected chi connectivity index (χ3v) is 4.81. The second kappa shape index (κ2) is 8.22. The fourth-order valence-electron chi connectivity index (χ4n) is 3.26. The van der Waals surface area contributed by atoms with Crippen LogP contribution >= 0.6 is 0 Å². The van der Waals surface area contributed by atoms with Crippen LogP contribution in [0.25, 0.3) is 11.9 Å². The highest BCUT2D eigenvalue weighted by molar-refractivity contribution is 5.92. The number of piperazine rings is 1. The number of aromatic nitrogens is 4. The predicted molar refractivity (Wildman–Crippen MR) is 108 cm³/mol. The fraction of sp³-hybridized carbons (Fsp3) is 0.238.